The summed E-state index contributed by atoms with van der Waals surface area (Å²) < 4.78 is 0. The molecule has 2 amide bonds. The fourth-order valence-corrected chi connectivity index (χ4v) is 7.37. The van der Waals surface area contributed by atoms with Crippen molar-refractivity contribution in [3.05, 3.63) is 35.2 Å². The molecule has 1 saturated heterocycles. The number of aromatic nitrogens is 2. The second-order valence-corrected chi connectivity index (χ2v) is 10.9. The molecule has 0 spiro atoms. The van der Waals surface area contributed by atoms with Crippen LogP contribution in [0.2, 0.25) is 0 Å². The minimum absolute atomic E-state index is 0.0221. The molecule has 5 aliphatic rings. The zero-order chi connectivity index (χ0) is 22.0. The third-order valence-electron chi connectivity index (χ3n) is 8.67. The van der Waals surface area contributed by atoms with E-state index in [0.29, 0.717) is 37.6 Å². The molecule has 6 heteroatoms. The zero-order valence-corrected chi connectivity index (χ0v) is 19.1. The van der Waals surface area contributed by atoms with Gasteiger partial charge in [0.05, 0.1) is 27.8 Å². The molecule has 1 aromatic heterocycles. The number of carbonyl (C=O) groups excluding carboxylic acids is 2. The fraction of sp³-hybridized carbons (Fsp3) is 0.615. The lowest BCUT2D eigenvalue weighted by atomic mass is 9.49. The van der Waals surface area contributed by atoms with E-state index in [9.17, 15) is 9.59 Å². The minimum atomic E-state index is -0.0894. The molecule has 2 heterocycles. The Bertz CT molecular complexity index is 1070. The van der Waals surface area contributed by atoms with Crippen LogP contribution in [0.3, 0.4) is 0 Å². The van der Waals surface area contributed by atoms with Gasteiger partial charge in [-0.15, -0.1) is 0 Å². The number of hydrogen-bond donors (Lipinski definition) is 0. The Balaban J connectivity index is 1.14. The summed E-state index contributed by atoms with van der Waals surface area (Å²) in [6, 6.07) is 5.58. The zero-order valence-electron chi connectivity index (χ0n) is 19.1. The fourth-order valence-electron chi connectivity index (χ4n) is 7.37. The predicted octanol–water partition coefficient (Wildman–Crippen LogP) is 3.75. The highest BCUT2D eigenvalue weighted by Gasteiger charge is 2.55. The van der Waals surface area contributed by atoms with E-state index in [-0.39, 0.29) is 11.3 Å². The maximum atomic E-state index is 13.6. The molecule has 4 aliphatic carbocycles. The van der Waals surface area contributed by atoms with Gasteiger partial charge in [0.1, 0.15) is 0 Å². The molecule has 0 N–H and O–H groups in total. The van der Waals surface area contributed by atoms with Gasteiger partial charge in [-0.2, -0.15) is 0 Å². The molecule has 0 atom stereocenters. The van der Waals surface area contributed by atoms with Crippen LogP contribution in [0.5, 0.6) is 0 Å². The van der Waals surface area contributed by atoms with E-state index >= 15 is 0 Å². The number of rotatable bonds is 2. The van der Waals surface area contributed by atoms with Crippen molar-refractivity contribution in [3.63, 3.8) is 0 Å². The number of benzene rings is 1. The van der Waals surface area contributed by atoms with Crippen molar-refractivity contribution in [2.24, 2.45) is 23.2 Å². The summed E-state index contributed by atoms with van der Waals surface area (Å²) in [5.41, 5.74) is 3.94. The van der Waals surface area contributed by atoms with Gasteiger partial charge in [-0.1, -0.05) is 0 Å². The first kappa shape index (κ1) is 20.1. The summed E-state index contributed by atoms with van der Waals surface area (Å²) >= 11 is 0. The summed E-state index contributed by atoms with van der Waals surface area (Å²) in [5.74, 6) is 2.73. The van der Waals surface area contributed by atoms with Crippen molar-refractivity contribution >= 4 is 22.8 Å². The Hall–Kier alpha value is -2.50. The predicted molar refractivity (Wildman–Crippen MR) is 122 cm³/mol. The molecule has 5 fully saturated rings. The monoisotopic (exact) mass is 432 g/mol. The Morgan fingerprint density at radius 3 is 1.94 bits per heavy atom. The molecule has 4 saturated carbocycles. The first-order chi connectivity index (χ1) is 15.4. The van der Waals surface area contributed by atoms with Crippen LogP contribution >= 0.6 is 0 Å². The number of fused-ring (bicyclic) bond motifs is 1. The van der Waals surface area contributed by atoms with Crippen LogP contribution in [0.15, 0.2) is 18.2 Å². The summed E-state index contributed by atoms with van der Waals surface area (Å²) in [6.45, 7) is 6.40. The number of hydrogen-bond acceptors (Lipinski definition) is 4. The lowest BCUT2D eigenvalue weighted by molar-refractivity contribution is -0.159. The van der Waals surface area contributed by atoms with E-state index < -0.39 is 0 Å². The van der Waals surface area contributed by atoms with E-state index in [1.165, 1.54) is 19.3 Å². The van der Waals surface area contributed by atoms with Crippen molar-refractivity contribution < 1.29 is 9.59 Å². The molecule has 1 aliphatic heterocycles. The van der Waals surface area contributed by atoms with Gasteiger partial charge in [0.15, 0.2) is 0 Å². The molecule has 1 aromatic carbocycles. The largest absolute Gasteiger partial charge is 0.339 e. The van der Waals surface area contributed by atoms with Crippen LogP contribution in [0.25, 0.3) is 11.0 Å². The van der Waals surface area contributed by atoms with Crippen LogP contribution in [0.4, 0.5) is 0 Å². The average Bonchev–Trinajstić information content (AvgIpc) is 2.78. The van der Waals surface area contributed by atoms with Gasteiger partial charge in [-0.3, -0.25) is 9.59 Å². The topological polar surface area (TPSA) is 66.4 Å². The van der Waals surface area contributed by atoms with Crippen LogP contribution in [0.1, 0.15) is 60.3 Å². The van der Waals surface area contributed by atoms with Crippen molar-refractivity contribution in [2.75, 3.05) is 26.2 Å². The van der Waals surface area contributed by atoms with Gasteiger partial charge >= 0.3 is 0 Å². The first-order valence-electron chi connectivity index (χ1n) is 12.2. The molecule has 168 valence electrons. The molecule has 7 rings (SSSR count). The van der Waals surface area contributed by atoms with Gasteiger partial charge in [-0.25, -0.2) is 9.97 Å². The Labute approximate surface area is 189 Å². The molecular weight excluding hydrogens is 400 g/mol. The van der Waals surface area contributed by atoms with Crippen molar-refractivity contribution in [1.82, 2.24) is 19.8 Å². The highest BCUT2D eigenvalue weighted by atomic mass is 16.2. The smallest absolute Gasteiger partial charge is 0.254 e. The number of carbonyl (C=O) groups is 2. The quantitative estimate of drug-likeness (QED) is 0.725. The SMILES string of the molecule is Cc1nc2ccc(C(=O)N3CCN(C(=O)C45CC6CC(CC(C6)C4)C5)CC3)cc2nc1C. The second kappa shape index (κ2) is 7.26. The van der Waals surface area contributed by atoms with E-state index in [2.05, 4.69) is 14.9 Å². The van der Waals surface area contributed by atoms with Crippen LogP contribution in [-0.2, 0) is 4.79 Å². The minimum Gasteiger partial charge on any atom is -0.339 e. The normalized spacial score (nSPS) is 31.4. The average molecular weight is 433 g/mol. The van der Waals surface area contributed by atoms with Crippen LogP contribution < -0.4 is 0 Å². The van der Waals surface area contributed by atoms with Crippen molar-refractivity contribution in [2.45, 2.75) is 52.4 Å². The molecule has 0 radical (unpaired) electrons. The molecular formula is C26H32N4O2. The molecule has 32 heavy (non-hydrogen) atoms. The first-order valence-corrected chi connectivity index (χ1v) is 12.2. The van der Waals surface area contributed by atoms with E-state index in [0.717, 1.165) is 59.4 Å². The van der Waals surface area contributed by atoms with Gasteiger partial charge in [0.2, 0.25) is 5.91 Å². The van der Waals surface area contributed by atoms with E-state index in [1.807, 2.05) is 36.9 Å². The number of piperazine rings is 1. The van der Waals surface area contributed by atoms with Crippen LogP contribution in [-0.4, -0.2) is 57.8 Å². The summed E-state index contributed by atoms with van der Waals surface area (Å²) in [5, 5.41) is 0. The Morgan fingerprint density at radius 2 is 1.34 bits per heavy atom. The number of amides is 2. The highest BCUT2D eigenvalue weighted by molar-refractivity contribution is 5.97. The third-order valence-corrected chi connectivity index (χ3v) is 8.67. The lowest BCUT2D eigenvalue weighted by Crippen LogP contribution is -2.58. The summed E-state index contributed by atoms with van der Waals surface area (Å²) in [6.07, 6.45) is 7.37. The molecule has 0 unspecified atom stereocenters. The van der Waals surface area contributed by atoms with E-state index in [4.69, 9.17) is 0 Å². The Morgan fingerprint density at radius 1 is 0.812 bits per heavy atom. The number of aryl methyl sites for hydroxylation is 2. The summed E-state index contributed by atoms with van der Waals surface area (Å²) in [7, 11) is 0. The maximum absolute atomic E-state index is 13.6. The van der Waals surface area contributed by atoms with Crippen molar-refractivity contribution in [1.29, 1.82) is 0 Å². The van der Waals surface area contributed by atoms with Gasteiger partial charge < -0.3 is 9.80 Å². The summed E-state index contributed by atoms with van der Waals surface area (Å²) in [4.78, 5) is 39.9. The highest BCUT2D eigenvalue weighted by Crippen LogP contribution is 2.60. The maximum Gasteiger partial charge on any atom is 0.254 e. The Kier molecular flexibility index (Phi) is 4.57. The van der Waals surface area contributed by atoms with Crippen LogP contribution in [0, 0.1) is 37.0 Å². The van der Waals surface area contributed by atoms with Gasteiger partial charge in [0.25, 0.3) is 5.91 Å². The lowest BCUT2D eigenvalue weighted by Gasteiger charge is -2.57. The molecule has 4 bridgehead atoms. The standard InChI is InChI=1S/C26H32N4O2/c1-16-17(2)28-23-12-21(3-4-22(23)27-16)24(31)29-5-7-30(8-6-29)25(32)26-13-18-9-19(14-26)11-20(10-18)15-26/h3-4,12,18-20H,5-11,13-15H2,1-2H3. The van der Waals surface area contributed by atoms with E-state index in [1.54, 1.807) is 0 Å². The van der Waals surface area contributed by atoms with Crippen molar-refractivity contribution in [3.8, 4) is 0 Å². The second-order valence-electron chi connectivity index (χ2n) is 10.9. The van der Waals surface area contributed by atoms with Gasteiger partial charge in [0, 0.05) is 31.7 Å². The third kappa shape index (κ3) is 3.22. The number of nitrogens with zero attached hydrogens (tertiary/aromatic N) is 4. The molecule has 2 aromatic rings. The molecule has 6 nitrogen and oxygen atoms in total. The van der Waals surface area contributed by atoms with Gasteiger partial charge in [-0.05, 0) is 88.3 Å².